The molecular weight excluding hydrogens is 228 g/mol. The van der Waals surface area contributed by atoms with E-state index in [2.05, 4.69) is 10.3 Å². The van der Waals surface area contributed by atoms with Crippen LogP contribution >= 0.6 is 0 Å². The Bertz CT molecular complexity index is 521. The zero-order valence-corrected chi connectivity index (χ0v) is 10.2. The third kappa shape index (κ3) is 2.57. The topological polar surface area (TPSA) is 72.9 Å². The molecule has 1 aromatic heterocycles. The molecule has 18 heavy (non-hydrogen) atoms. The summed E-state index contributed by atoms with van der Waals surface area (Å²) in [5, 5.41) is 2.58. The Labute approximate surface area is 106 Å². The Hall–Kier alpha value is -2.14. The first-order valence-electron chi connectivity index (χ1n) is 5.73. The molecule has 0 saturated carbocycles. The van der Waals surface area contributed by atoms with E-state index in [-0.39, 0.29) is 18.5 Å². The number of nitrogens with two attached hydrogens (primary N) is 1. The maximum atomic E-state index is 11.4. The third-order valence-corrected chi connectivity index (χ3v) is 2.81. The van der Waals surface area contributed by atoms with E-state index in [1.165, 1.54) is 0 Å². The maximum absolute atomic E-state index is 11.4. The lowest BCUT2D eigenvalue weighted by molar-refractivity contribution is -0.121. The van der Waals surface area contributed by atoms with Crippen LogP contribution in [0.3, 0.4) is 0 Å². The zero-order chi connectivity index (χ0) is 13.0. The Morgan fingerprint density at radius 3 is 2.83 bits per heavy atom. The number of carbonyl (C=O) groups is 1. The highest BCUT2D eigenvalue weighted by Crippen LogP contribution is 2.18. The number of likely N-dealkylation sites (N-methyl/N-ethyl adjacent to an activating group) is 1. The summed E-state index contributed by atoms with van der Waals surface area (Å²) >= 11 is 0. The molecule has 94 valence electrons. The summed E-state index contributed by atoms with van der Waals surface area (Å²) in [5.41, 5.74) is 8.01. The summed E-state index contributed by atoms with van der Waals surface area (Å²) in [4.78, 5) is 15.4. The number of rotatable bonds is 4. The zero-order valence-electron chi connectivity index (χ0n) is 10.2. The smallest absolute Gasteiger partial charge is 0.239 e. The summed E-state index contributed by atoms with van der Waals surface area (Å²) in [6, 6.07) is 9.46. The van der Waals surface area contributed by atoms with Crippen LogP contribution in [-0.4, -0.2) is 22.5 Å². The lowest BCUT2D eigenvalue weighted by Crippen LogP contribution is -2.26. The first-order chi connectivity index (χ1) is 8.72. The first kappa shape index (κ1) is 12.3. The van der Waals surface area contributed by atoms with E-state index >= 15 is 0 Å². The van der Waals surface area contributed by atoms with Gasteiger partial charge in [-0.25, -0.2) is 4.98 Å². The number of amides is 1. The summed E-state index contributed by atoms with van der Waals surface area (Å²) in [5.74, 6) is -0.0745. The molecule has 1 heterocycles. The van der Waals surface area contributed by atoms with Gasteiger partial charge >= 0.3 is 0 Å². The van der Waals surface area contributed by atoms with Crippen molar-refractivity contribution in [3.05, 3.63) is 54.1 Å². The van der Waals surface area contributed by atoms with Gasteiger partial charge in [0.1, 0.15) is 6.54 Å². The van der Waals surface area contributed by atoms with Gasteiger partial charge in [0.25, 0.3) is 0 Å². The van der Waals surface area contributed by atoms with E-state index in [1.807, 2.05) is 30.3 Å². The fourth-order valence-electron chi connectivity index (χ4n) is 1.79. The SMILES string of the molecule is CNC(=O)Cn1cncc1C(N)c1ccccc1. The van der Waals surface area contributed by atoms with Crippen molar-refractivity contribution in [3.8, 4) is 0 Å². The second-order valence-corrected chi connectivity index (χ2v) is 4.01. The van der Waals surface area contributed by atoms with Crippen molar-refractivity contribution in [2.45, 2.75) is 12.6 Å². The predicted octanol–water partition coefficient (Wildman–Crippen LogP) is 0.677. The molecule has 0 bridgehead atoms. The molecule has 1 aromatic carbocycles. The summed E-state index contributed by atoms with van der Waals surface area (Å²) < 4.78 is 1.76. The summed E-state index contributed by atoms with van der Waals surface area (Å²) in [6.45, 7) is 0.229. The van der Waals surface area contributed by atoms with Gasteiger partial charge in [-0.2, -0.15) is 0 Å². The van der Waals surface area contributed by atoms with Gasteiger partial charge in [0, 0.05) is 7.05 Å². The molecule has 0 aliphatic rings. The van der Waals surface area contributed by atoms with Crippen LogP contribution in [0.1, 0.15) is 17.3 Å². The highest BCUT2D eigenvalue weighted by atomic mass is 16.1. The largest absolute Gasteiger partial charge is 0.358 e. The van der Waals surface area contributed by atoms with Gasteiger partial charge in [0.15, 0.2) is 0 Å². The first-order valence-corrected chi connectivity index (χ1v) is 5.73. The molecule has 1 atom stereocenters. The molecule has 5 nitrogen and oxygen atoms in total. The molecule has 0 spiro atoms. The average molecular weight is 244 g/mol. The van der Waals surface area contributed by atoms with E-state index in [0.717, 1.165) is 11.3 Å². The van der Waals surface area contributed by atoms with Crippen LogP contribution in [0.15, 0.2) is 42.9 Å². The van der Waals surface area contributed by atoms with Crippen molar-refractivity contribution in [2.75, 3.05) is 7.05 Å². The number of carbonyl (C=O) groups excluding carboxylic acids is 1. The van der Waals surface area contributed by atoms with Crippen LogP contribution in [0.4, 0.5) is 0 Å². The summed E-state index contributed by atoms with van der Waals surface area (Å²) in [7, 11) is 1.61. The highest BCUT2D eigenvalue weighted by molar-refractivity contribution is 5.75. The van der Waals surface area contributed by atoms with Gasteiger partial charge in [0.05, 0.1) is 24.3 Å². The third-order valence-electron chi connectivity index (χ3n) is 2.81. The van der Waals surface area contributed by atoms with Crippen molar-refractivity contribution in [1.29, 1.82) is 0 Å². The van der Waals surface area contributed by atoms with Crippen LogP contribution in [0, 0.1) is 0 Å². The minimum atomic E-state index is -0.279. The average Bonchev–Trinajstić information content (AvgIpc) is 2.86. The van der Waals surface area contributed by atoms with Crippen molar-refractivity contribution in [2.24, 2.45) is 5.73 Å². The molecule has 1 unspecified atom stereocenters. The molecule has 2 aromatic rings. The number of hydrogen-bond donors (Lipinski definition) is 2. The van der Waals surface area contributed by atoms with Crippen molar-refractivity contribution in [1.82, 2.24) is 14.9 Å². The fourth-order valence-corrected chi connectivity index (χ4v) is 1.79. The van der Waals surface area contributed by atoms with Gasteiger partial charge in [-0.3, -0.25) is 4.79 Å². The van der Waals surface area contributed by atoms with Crippen LogP contribution in [-0.2, 0) is 11.3 Å². The van der Waals surface area contributed by atoms with Gasteiger partial charge in [-0.1, -0.05) is 30.3 Å². The van der Waals surface area contributed by atoms with E-state index in [0.29, 0.717) is 0 Å². The van der Waals surface area contributed by atoms with Crippen molar-refractivity contribution in [3.63, 3.8) is 0 Å². The number of benzene rings is 1. The molecule has 2 rings (SSSR count). The van der Waals surface area contributed by atoms with Gasteiger partial charge in [-0.15, -0.1) is 0 Å². The molecular formula is C13H16N4O. The normalized spacial score (nSPS) is 12.1. The molecule has 0 saturated heterocycles. The van der Waals surface area contributed by atoms with E-state index in [1.54, 1.807) is 24.1 Å². The Morgan fingerprint density at radius 1 is 1.44 bits per heavy atom. The van der Waals surface area contributed by atoms with E-state index in [4.69, 9.17) is 5.73 Å². The van der Waals surface area contributed by atoms with Crippen LogP contribution in [0.5, 0.6) is 0 Å². The lowest BCUT2D eigenvalue weighted by atomic mass is 10.1. The van der Waals surface area contributed by atoms with E-state index in [9.17, 15) is 4.79 Å². The number of imidazole rings is 1. The Morgan fingerprint density at radius 2 is 2.17 bits per heavy atom. The number of nitrogens with one attached hydrogen (secondary N) is 1. The minimum Gasteiger partial charge on any atom is -0.358 e. The number of hydrogen-bond acceptors (Lipinski definition) is 3. The quantitative estimate of drug-likeness (QED) is 0.830. The second kappa shape index (κ2) is 5.46. The Kier molecular flexibility index (Phi) is 3.74. The Balaban J connectivity index is 2.24. The molecule has 0 radical (unpaired) electrons. The van der Waals surface area contributed by atoms with Gasteiger partial charge in [-0.05, 0) is 5.56 Å². The minimum absolute atomic E-state index is 0.0745. The highest BCUT2D eigenvalue weighted by Gasteiger charge is 2.14. The molecule has 1 amide bonds. The van der Waals surface area contributed by atoms with Gasteiger partial charge in [0.2, 0.25) is 5.91 Å². The second-order valence-electron chi connectivity index (χ2n) is 4.01. The fraction of sp³-hybridized carbons (Fsp3) is 0.231. The van der Waals surface area contributed by atoms with Crippen LogP contribution in [0.2, 0.25) is 0 Å². The van der Waals surface area contributed by atoms with E-state index < -0.39 is 0 Å². The maximum Gasteiger partial charge on any atom is 0.239 e. The van der Waals surface area contributed by atoms with Crippen molar-refractivity contribution >= 4 is 5.91 Å². The molecule has 5 heteroatoms. The molecule has 0 aliphatic carbocycles. The van der Waals surface area contributed by atoms with Crippen LogP contribution < -0.4 is 11.1 Å². The summed E-state index contributed by atoms with van der Waals surface area (Å²) in [6.07, 6.45) is 3.31. The monoisotopic (exact) mass is 244 g/mol. The molecule has 0 aliphatic heterocycles. The van der Waals surface area contributed by atoms with Crippen molar-refractivity contribution < 1.29 is 4.79 Å². The number of nitrogens with zero attached hydrogens (tertiary/aromatic N) is 2. The van der Waals surface area contributed by atoms with Crippen LogP contribution in [0.25, 0.3) is 0 Å². The standard InChI is InChI=1S/C13H16N4O/c1-15-12(18)8-17-9-16-7-11(17)13(14)10-5-3-2-4-6-10/h2-7,9,13H,8,14H2,1H3,(H,15,18). The molecule has 3 N–H and O–H groups in total. The number of aromatic nitrogens is 2. The molecule has 0 fully saturated rings. The van der Waals surface area contributed by atoms with Gasteiger partial charge < -0.3 is 15.6 Å². The lowest BCUT2D eigenvalue weighted by Gasteiger charge is -2.14. The predicted molar refractivity (Wildman–Crippen MR) is 68.8 cm³/mol.